The molecule has 37 heavy (non-hydrogen) atoms. The van der Waals surface area contributed by atoms with E-state index in [1.807, 2.05) is 18.2 Å². The molecule has 6 nitrogen and oxygen atoms in total. The lowest BCUT2D eigenvalue weighted by atomic mass is 10.0. The Balaban J connectivity index is 1.39. The fraction of sp³-hybridized carbons (Fsp3) is 0.300. The number of nitrogens with zero attached hydrogens (tertiary/aromatic N) is 3. The third kappa shape index (κ3) is 5.64. The molecule has 1 saturated heterocycles. The van der Waals surface area contributed by atoms with Crippen molar-refractivity contribution in [1.82, 2.24) is 9.88 Å². The van der Waals surface area contributed by atoms with Crippen molar-refractivity contribution in [3.05, 3.63) is 94.5 Å². The number of rotatable bonds is 8. The number of morpholine rings is 1. The van der Waals surface area contributed by atoms with E-state index in [4.69, 9.17) is 9.72 Å². The number of carbonyl (C=O) groups excluding carboxylic acids is 2. The predicted molar refractivity (Wildman–Crippen MR) is 149 cm³/mol. The zero-order valence-corrected chi connectivity index (χ0v) is 22.1. The Morgan fingerprint density at radius 3 is 2.32 bits per heavy atom. The summed E-state index contributed by atoms with van der Waals surface area (Å²) < 4.78 is 6.54. The minimum absolute atomic E-state index is 0.0565. The lowest BCUT2D eigenvalue weighted by molar-refractivity contribution is 0.0376. The molecule has 0 atom stereocenters. The SMILES string of the molecule is Cc1ccc2sc(N(CCCN3CCOCC3)C(=O)c3ccc(C(=O)c4ccccc4)cc3)nc2c1C. The monoisotopic (exact) mass is 513 g/mol. The van der Waals surface area contributed by atoms with Gasteiger partial charge in [0.25, 0.3) is 5.91 Å². The summed E-state index contributed by atoms with van der Waals surface area (Å²) in [6, 6.07) is 20.3. The molecule has 190 valence electrons. The Morgan fingerprint density at radius 1 is 0.919 bits per heavy atom. The molecule has 0 radical (unpaired) electrons. The maximum atomic E-state index is 13.8. The number of ether oxygens (including phenoxy) is 1. The molecule has 7 heteroatoms. The summed E-state index contributed by atoms with van der Waals surface area (Å²) in [5.41, 5.74) is 5.02. The number of ketones is 1. The minimum atomic E-state index is -0.103. The second-order valence-corrected chi connectivity index (χ2v) is 10.4. The van der Waals surface area contributed by atoms with E-state index >= 15 is 0 Å². The first-order chi connectivity index (χ1) is 18.0. The van der Waals surface area contributed by atoms with Gasteiger partial charge in [-0.25, -0.2) is 4.98 Å². The highest BCUT2D eigenvalue weighted by molar-refractivity contribution is 7.22. The van der Waals surface area contributed by atoms with Gasteiger partial charge < -0.3 is 4.74 Å². The summed E-state index contributed by atoms with van der Waals surface area (Å²) >= 11 is 1.55. The van der Waals surface area contributed by atoms with Crippen LogP contribution in [0.1, 0.15) is 43.8 Å². The Morgan fingerprint density at radius 2 is 1.59 bits per heavy atom. The summed E-state index contributed by atoms with van der Waals surface area (Å²) in [6.07, 6.45) is 0.838. The van der Waals surface area contributed by atoms with Crippen LogP contribution in [0.3, 0.4) is 0 Å². The highest BCUT2D eigenvalue weighted by atomic mass is 32.1. The number of carbonyl (C=O) groups is 2. The summed E-state index contributed by atoms with van der Waals surface area (Å²) in [5.74, 6) is -0.159. The Bertz CT molecular complexity index is 1390. The molecule has 1 aromatic heterocycles. The average Bonchev–Trinajstić information content (AvgIpc) is 3.38. The number of fused-ring (bicyclic) bond motifs is 1. The first-order valence-electron chi connectivity index (χ1n) is 12.7. The van der Waals surface area contributed by atoms with Crippen LogP contribution in [0.15, 0.2) is 66.7 Å². The molecule has 5 rings (SSSR count). The normalized spacial score (nSPS) is 14.1. The van der Waals surface area contributed by atoms with Crippen molar-refractivity contribution in [1.29, 1.82) is 0 Å². The van der Waals surface area contributed by atoms with Gasteiger partial charge in [0, 0.05) is 42.9 Å². The minimum Gasteiger partial charge on any atom is -0.379 e. The fourth-order valence-corrected chi connectivity index (χ4v) is 5.62. The van der Waals surface area contributed by atoms with Crippen LogP contribution in [0.25, 0.3) is 10.2 Å². The number of amides is 1. The fourth-order valence-electron chi connectivity index (χ4n) is 4.57. The molecule has 0 N–H and O–H groups in total. The molecule has 4 aromatic rings. The third-order valence-electron chi connectivity index (χ3n) is 6.94. The van der Waals surface area contributed by atoms with E-state index < -0.39 is 0 Å². The number of benzene rings is 3. The highest BCUT2D eigenvalue weighted by Gasteiger charge is 2.23. The van der Waals surface area contributed by atoms with Crippen molar-refractivity contribution in [3.8, 4) is 0 Å². The molecule has 0 aliphatic carbocycles. The maximum Gasteiger partial charge on any atom is 0.260 e. The summed E-state index contributed by atoms with van der Waals surface area (Å²) in [4.78, 5) is 35.7. The smallest absolute Gasteiger partial charge is 0.260 e. The molecule has 0 spiro atoms. The van der Waals surface area contributed by atoms with Crippen LogP contribution < -0.4 is 4.90 Å². The summed E-state index contributed by atoms with van der Waals surface area (Å²) in [7, 11) is 0. The molecule has 0 unspecified atom stereocenters. The molecular weight excluding hydrogens is 482 g/mol. The quantitative estimate of drug-likeness (QED) is 0.291. The van der Waals surface area contributed by atoms with Gasteiger partial charge in [0.15, 0.2) is 10.9 Å². The van der Waals surface area contributed by atoms with E-state index in [1.165, 1.54) is 5.56 Å². The standard InChI is InChI=1S/C30H31N3O3S/c1-21-9-14-26-27(22(21)2)31-30(37-26)33(16-6-15-32-17-19-36-20-18-32)29(35)25-12-10-24(11-13-25)28(34)23-7-4-3-5-8-23/h3-5,7-14H,6,15-20H2,1-2H3. The van der Waals surface area contributed by atoms with Gasteiger partial charge in [0.1, 0.15) is 0 Å². The highest BCUT2D eigenvalue weighted by Crippen LogP contribution is 2.33. The lowest BCUT2D eigenvalue weighted by Crippen LogP contribution is -2.39. The predicted octanol–water partition coefficient (Wildman–Crippen LogP) is 5.51. The lowest BCUT2D eigenvalue weighted by Gasteiger charge is -2.27. The molecule has 1 fully saturated rings. The van der Waals surface area contributed by atoms with Crippen LogP contribution in [0.4, 0.5) is 5.13 Å². The van der Waals surface area contributed by atoms with Gasteiger partial charge >= 0.3 is 0 Å². The van der Waals surface area contributed by atoms with E-state index in [9.17, 15) is 9.59 Å². The maximum absolute atomic E-state index is 13.8. The molecule has 2 heterocycles. The van der Waals surface area contributed by atoms with E-state index in [0.717, 1.165) is 55.0 Å². The van der Waals surface area contributed by atoms with Gasteiger partial charge in [-0.15, -0.1) is 0 Å². The van der Waals surface area contributed by atoms with Gasteiger partial charge in [-0.3, -0.25) is 19.4 Å². The molecule has 1 aliphatic rings. The third-order valence-corrected chi connectivity index (χ3v) is 7.98. The van der Waals surface area contributed by atoms with Crippen molar-refractivity contribution in [3.63, 3.8) is 0 Å². The van der Waals surface area contributed by atoms with Crippen molar-refractivity contribution >= 4 is 38.4 Å². The number of thiazole rings is 1. The van der Waals surface area contributed by atoms with Crippen LogP contribution in [0, 0.1) is 13.8 Å². The van der Waals surface area contributed by atoms with Crippen molar-refractivity contribution in [2.45, 2.75) is 20.3 Å². The second-order valence-electron chi connectivity index (χ2n) is 9.39. The molecule has 0 saturated carbocycles. The average molecular weight is 514 g/mol. The topological polar surface area (TPSA) is 62.7 Å². The van der Waals surface area contributed by atoms with Crippen molar-refractivity contribution in [2.24, 2.45) is 0 Å². The second kappa shape index (κ2) is 11.3. The number of aromatic nitrogens is 1. The molecule has 1 amide bonds. The molecule has 3 aromatic carbocycles. The summed E-state index contributed by atoms with van der Waals surface area (Å²) in [6.45, 7) is 8.99. The Hall–Kier alpha value is -3.39. The zero-order valence-electron chi connectivity index (χ0n) is 21.3. The van der Waals surface area contributed by atoms with E-state index in [1.54, 1.807) is 52.6 Å². The van der Waals surface area contributed by atoms with E-state index in [0.29, 0.717) is 28.4 Å². The molecule has 0 bridgehead atoms. The molecular formula is C30H31N3O3S. The number of hydrogen-bond donors (Lipinski definition) is 0. The van der Waals surface area contributed by atoms with Crippen LogP contribution in [-0.4, -0.2) is 61.0 Å². The number of aryl methyl sites for hydroxylation is 2. The Kier molecular flexibility index (Phi) is 7.74. The van der Waals surface area contributed by atoms with Crippen LogP contribution in [-0.2, 0) is 4.74 Å². The van der Waals surface area contributed by atoms with E-state index in [2.05, 4.69) is 30.9 Å². The van der Waals surface area contributed by atoms with E-state index in [-0.39, 0.29) is 11.7 Å². The van der Waals surface area contributed by atoms with Gasteiger partial charge in [0.2, 0.25) is 0 Å². The first-order valence-corrected chi connectivity index (χ1v) is 13.5. The van der Waals surface area contributed by atoms with Gasteiger partial charge in [0.05, 0.1) is 23.4 Å². The van der Waals surface area contributed by atoms with Gasteiger partial charge in [-0.1, -0.05) is 59.9 Å². The van der Waals surface area contributed by atoms with Gasteiger partial charge in [-0.05, 0) is 49.6 Å². The summed E-state index contributed by atoms with van der Waals surface area (Å²) in [5, 5.41) is 0.708. The van der Waals surface area contributed by atoms with Crippen LogP contribution >= 0.6 is 11.3 Å². The van der Waals surface area contributed by atoms with Crippen LogP contribution in [0.2, 0.25) is 0 Å². The van der Waals surface area contributed by atoms with Gasteiger partial charge in [-0.2, -0.15) is 0 Å². The number of hydrogen-bond acceptors (Lipinski definition) is 6. The van der Waals surface area contributed by atoms with Crippen molar-refractivity contribution < 1.29 is 14.3 Å². The Labute approximate surface area is 221 Å². The largest absolute Gasteiger partial charge is 0.379 e. The zero-order chi connectivity index (χ0) is 25.8. The number of anilines is 1. The van der Waals surface area contributed by atoms with Crippen LogP contribution in [0.5, 0.6) is 0 Å². The molecule has 1 aliphatic heterocycles. The van der Waals surface area contributed by atoms with Crippen molar-refractivity contribution in [2.75, 3.05) is 44.3 Å². The first kappa shape index (κ1) is 25.3.